The van der Waals surface area contributed by atoms with E-state index in [0.717, 1.165) is 6.07 Å². The van der Waals surface area contributed by atoms with Crippen LogP contribution in [0.3, 0.4) is 0 Å². The van der Waals surface area contributed by atoms with Crippen LogP contribution < -0.4 is 10.5 Å². The van der Waals surface area contributed by atoms with Gasteiger partial charge in [-0.3, -0.25) is 0 Å². The van der Waals surface area contributed by atoms with Gasteiger partial charge in [0.05, 0.1) is 22.3 Å². The van der Waals surface area contributed by atoms with Crippen LogP contribution in [0.25, 0.3) is 0 Å². The van der Waals surface area contributed by atoms with Gasteiger partial charge in [-0.2, -0.15) is 10.2 Å². The summed E-state index contributed by atoms with van der Waals surface area (Å²) in [6.45, 7) is 0. The Kier molecular flexibility index (Phi) is 3.39. The average Bonchev–Trinajstić information content (AvgIpc) is 2.36. The van der Waals surface area contributed by atoms with Gasteiger partial charge in [0, 0.05) is 0 Å². The van der Waals surface area contributed by atoms with Crippen molar-refractivity contribution in [3.8, 4) is 17.7 Å². The van der Waals surface area contributed by atoms with Gasteiger partial charge in [0.1, 0.15) is 0 Å². The number of hydrogen-bond acceptors (Lipinski definition) is 5. The van der Waals surface area contributed by atoms with Crippen molar-refractivity contribution in [2.24, 2.45) is 0 Å². The smallest absolute Gasteiger partial charge is 0.238 e. The minimum absolute atomic E-state index is 0.0160. The first-order valence-electron chi connectivity index (χ1n) is 4.75. The fraction of sp³-hybridized carbons (Fsp3) is 0. The number of hydrogen-bond donors (Lipinski definition) is 1. The molecule has 0 radical (unpaired) electrons. The highest BCUT2D eigenvalue weighted by Crippen LogP contribution is 2.29. The standard InChI is InChI=1S/C11H6BrFN4O/c12-7-5-16-11(15)17-10(7)18-9-2-1-6(4-14)3-8(9)13/h1-3,5H,(H2,15,16,17). The first-order valence-corrected chi connectivity index (χ1v) is 5.55. The maximum atomic E-state index is 13.6. The third kappa shape index (κ3) is 2.55. The molecule has 0 saturated heterocycles. The number of nitrogens with zero attached hydrogens (tertiary/aromatic N) is 3. The van der Waals surface area contributed by atoms with Crippen LogP contribution >= 0.6 is 15.9 Å². The Labute approximate surface area is 110 Å². The Morgan fingerprint density at radius 3 is 2.89 bits per heavy atom. The second kappa shape index (κ2) is 4.98. The van der Waals surface area contributed by atoms with E-state index < -0.39 is 5.82 Å². The molecule has 0 spiro atoms. The monoisotopic (exact) mass is 308 g/mol. The van der Waals surface area contributed by atoms with Crippen LogP contribution in [0.5, 0.6) is 11.6 Å². The Morgan fingerprint density at radius 2 is 2.22 bits per heavy atom. The van der Waals surface area contributed by atoms with E-state index in [1.165, 1.54) is 18.3 Å². The number of benzene rings is 1. The lowest BCUT2D eigenvalue weighted by Gasteiger charge is -2.07. The second-order valence-electron chi connectivity index (χ2n) is 3.24. The Morgan fingerprint density at radius 1 is 1.44 bits per heavy atom. The zero-order valence-corrected chi connectivity index (χ0v) is 10.5. The molecule has 0 aliphatic carbocycles. The van der Waals surface area contributed by atoms with Gasteiger partial charge in [-0.15, -0.1) is 0 Å². The third-order valence-corrected chi connectivity index (χ3v) is 2.54. The number of rotatable bonds is 2. The summed E-state index contributed by atoms with van der Waals surface area (Å²) < 4.78 is 19.3. The number of aromatic nitrogens is 2. The van der Waals surface area contributed by atoms with Gasteiger partial charge in [-0.05, 0) is 34.1 Å². The molecule has 1 aromatic carbocycles. The highest BCUT2D eigenvalue weighted by molar-refractivity contribution is 9.10. The molecule has 18 heavy (non-hydrogen) atoms. The first kappa shape index (κ1) is 12.3. The Hall–Kier alpha value is -2.20. The van der Waals surface area contributed by atoms with Gasteiger partial charge in [0.15, 0.2) is 11.6 Å². The van der Waals surface area contributed by atoms with Crippen LogP contribution in [0.4, 0.5) is 10.3 Å². The molecule has 1 heterocycles. The zero-order chi connectivity index (χ0) is 13.1. The highest BCUT2D eigenvalue weighted by atomic mass is 79.9. The van der Waals surface area contributed by atoms with E-state index in [4.69, 9.17) is 15.7 Å². The molecule has 90 valence electrons. The molecular formula is C11H6BrFN4O. The summed E-state index contributed by atoms with van der Waals surface area (Å²) in [6, 6.07) is 5.69. The van der Waals surface area contributed by atoms with Crippen LogP contribution in [-0.2, 0) is 0 Å². The SMILES string of the molecule is N#Cc1ccc(Oc2nc(N)ncc2Br)c(F)c1. The van der Waals surface area contributed by atoms with Gasteiger partial charge >= 0.3 is 0 Å². The Balaban J connectivity index is 2.34. The normalized spacial score (nSPS) is 9.83. The molecule has 0 saturated carbocycles. The number of nitrogens with two attached hydrogens (primary N) is 1. The first-order chi connectivity index (χ1) is 8.60. The van der Waals surface area contributed by atoms with E-state index in [2.05, 4.69) is 25.9 Å². The van der Waals surface area contributed by atoms with Gasteiger partial charge in [0.25, 0.3) is 0 Å². The minimum Gasteiger partial charge on any atom is -0.435 e. The summed E-state index contributed by atoms with van der Waals surface area (Å²) in [5, 5.41) is 8.62. The molecule has 0 aliphatic rings. The van der Waals surface area contributed by atoms with Crippen molar-refractivity contribution in [3.63, 3.8) is 0 Å². The summed E-state index contributed by atoms with van der Waals surface area (Å²) in [4.78, 5) is 7.55. The summed E-state index contributed by atoms with van der Waals surface area (Å²) in [5.74, 6) is -0.584. The van der Waals surface area contributed by atoms with Crippen LogP contribution in [-0.4, -0.2) is 9.97 Å². The van der Waals surface area contributed by atoms with E-state index in [0.29, 0.717) is 4.47 Å². The van der Waals surface area contributed by atoms with Crippen molar-refractivity contribution in [3.05, 3.63) is 40.2 Å². The molecule has 2 N–H and O–H groups in total. The predicted molar refractivity (Wildman–Crippen MR) is 65.3 cm³/mol. The van der Waals surface area contributed by atoms with Crippen molar-refractivity contribution in [1.29, 1.82) is 5.26 Å². The fourth-order valence-electron chi connectivity index (χ4n) is 1.19. The second-order valence-corrected chi connectivity index (χ2v) is 4.09. The van der Waals surface area contributed by atoms with Crippen molar-refractivity contribution in [2.75, 3.05) is 5.73 Å². The van der Waals surface area contributed by atoms with Crippen molar-refractivity contribution in [2.45, 2.75) is 0 Å². The van der Waals surface area contributed by atoms with E-state index in [9.17, 15) is 4.39 Å². The average molecular weight is 309 g/mol. The maximum absolute atomic E-state index is 13.6. The summed E-state index contributed by atoms with van der Waals surface area (Å²) >= 11 is 3.16. The molecule has 0 fully saturated rings. The summed E-state index contributed by atoms with van der Waals surface area (Å²) in [5.41, 5.74) is 5.61. The van der Waals surface area contributed by atoms with Crippen molar-refractivity contribution in [1.82, 2.24) is 9.97 Å². The van der Waals surface area contributed by atoms with Gasteiger partial charge in [0.2, 0.25) is 11.8 Å². The van der Waals surface area contributed by atoms with Gasteiger partial charge in [-0.25, -0.2) is 9.37 Å². The third-order valence-electron chi connectivity index (χ3n) is 2.00. The van der Waals surface area contributed by atoms with E-state index in [1.807, 2.05) is 6.07 Å². The van der Waals surface area contributed by atoms with Gasteiger partial charge < -0.3 is 10.5 Å². The minimum atomic E-state index is -0.655. The largest absolute Gasteiger partial charge is 0.435 e. The van der Waals surface area contributed by atoms with E-state index >= 15 is 0 Å². The number of nitrogen functional groups attached to an aromatic ring is 1. The highest BCUT2D eigenvalue weighted by Gasteiger charge is 2.10. The predicted octanol–water partition coefficient (Wildman–Crippen LogP) is 2.62. The molecule has 5 nitrogen and oxygen atoms in total. The molecule has 1 aromatic heterocycles. The zero-order valence-electron chi connectivity index (χ0n) is 8.89. The fourth-order valence-corrected chi connectivity index (χ4v) is 1.47. The number of anilines is 1. The quantitative estimate of drug-likeness (QED) is 0.921. The lowest BCUT2D eigenvalue weighted by molar-refractivity contribution is 0.424. The molecule has 0 bridgehead atoms. The van der Waals surface area contributed by atoms with Crippen LogP contribution in [0.1, 0.15) is 5.56 Å². The van der Waals surface area contributed by atoms with Crippen molar-refractivity contribution < 1.29 is 9.13 Å². The number of ether oxygens (including phenoxy) is 1. The van der Waals surface area contributed by atoms with Gasteiger partial charge in [-0.1, -0.05) is 0 Å². The molecule has 0 aliphatic heterocycles. The van der Waals surface area contributed by atoms with Crippen molar-refractivity contribution >= 4 is 21.9 Å². The summed E-state index contributed by atoms with van der Waals surface area (Å²) in [6.07, 6.45) is 1.40. The topological polar surface area (TPSA) is 84.8 Å². The number of nitriles is 1. The molecule has 7 heteroatoms. The molecule has 0 unspecified atom stereocenters. The molecular weight excluding hydrogens is 303 g/mol. The lowest BCUT2D eigenvalue weighted by Crippen LogP contribution is -1.98. The van der Waals surface area contributed by atoms with E-state index in [1.54, 1.807) is 0 Å². The molecule has 0 amide bonds. The lowest BCUT2D eigenvalue weighted by atomic mass is 10.2. The summed E-state index contributed by atoms with van der Waals surface area (Å²) in [7, 11) is 0. The Bertz CT molecular complexity index is 641. The maximum Gasteiger partial charge on any atom is 0.238 e. The molecule has 2 aromatic rings. The molecule has 2 rings (SSSR count). The van der Waals surface area contributed by atoms with Crippen LogP contribution in [0.2, 0.25) is 0 Å². The van der Waals surface area contributed by atoms with E-state index in [-0.39, 0.29) is 23.1 Å². The molecule has 0 atom stereocenters. The number of halogens is 2. The van der Waals surface area contributed by atoms with Crippen LogP contribution in [0, 0.1) is 17.1 Å². The van der Waals surface area contributed by atoms with Crippen LogP contribution in [0.15, 0.2) is 28.9 Å².